The molecule has 0 aliphatic rings. The number of halogens is 5. The topological polar surface area (TPSA) is 76.7 Å². The van der Waals surface area contributed by atoms with Gasteiger partial charge >= 0.3 is 11.9 Å². The normalized spacial score (nSPS) is 10.5. The SMILES string of the molecule is COC(=O)c1sc(NC(=S)Nc2c(F)c(F)c(Br)c(F)c2F)c(C(=O)OC)c1C. The Morgan fingerprint density at radius 1 is 0.966 bits per heavy atom. The van der Waals surface area contributed by atoms with Crippen LogP contribution in [0.1, 0.15) is 25.6 Å². The molecule has 0 fully saturated rings. The predicted octanol–water partition coefficient (Wildman–Crippen LogP) is 4.76. The Hall–Kier alpha value is -2.25. The van der Waals surface area contributed by atoms with E-state index in [1.165, 1.54) is 6.92 Å². The molecule has 156 valence electrons. The molecule has 0 unspecified atom stereocenters. The van der Waals surface area contributed by atoms with Crippen molar-refractivity contribution in [3.63, 3.8) is 0 Å². The summed E-state index contributed by atoms with van der Waals surface area (Å²) in [6.07, 6.45) is 0. The number of thiocarbonyl (C=S) groups is 1. The minimum atomic E-state index is -1.72. The van der Waals surface area contributed by atoms with E-state index in [1.807, 2.05) is 5.32 Å². The molecule has 0 atom stereocenters. The molecular weight excluding hydrogens is 504 g/mol. The van der Waals surface area contributed by atoms with Crippen LogP contribution in [-0.2, 0) is 9.47 Å². The van der Waals surface area contributed by atoms with Crippen LogP contribution in [0.2, 0.25) is 0 Å². The van der Waals surface area contributed by atoms with Gasteiger partial charge in [0.15, 0.2) is 28.4 Å². The molecule has 0 aliphatic carbocycles. The molecule has 0 spiro atoms. The van der Waals surface area contributed by atoms with Crippen molar-refractivity contribution in [2.24, 2.45) is 0 Å². The molecule has 0 saturated heterocycles. The minimum Gasteiger partial charge on any atom is -0.465 e. The fraction of sp³-hybridized carbons (Fsp3) is 0.188. The maximum atomic E-state index is 14.0. The smallest absolute Gasteiger partial charge is 0.348 e. The van der Waals surface area contributed by atoms with E-state index in [1.54, 1.807) is 0 Å². The van der Waals surface area contributed by atoms with Gasteiger partial charge in [-0.2, -0.15) is 0 Å². The second-order valence-corrected chi connectivity index (χ2v) is 7.49. The van der Waals surface area contributed by atoms with E-state index in [-0.39, 0.29) is 21.0 Å². The lowest BCUT2D eigenvalue weighted by Gasteiger charge is -2.13. The number of hydrogen-bond donors (Lipinski definition) is 2. The van der Waals surface area contributed by atoms with Gasteiger partial charge in [-0.25, -0.2) is 27.2 Å². The molecule has 0 saturated carbocycles. The van der Waals surface area contributed by atoms with E-state index in [0.717, 1.165) is 25.6 Å². The predicted molar refractivity (Wildman–Crippen MR) is 106 cm³/mol. The summed E-state index contributed by atoms with van der Waals surface area (Å²) in [7, 11) is 2.25. The van der Waals surface area contributed by atoms with Gasteiger partial charge in [-0.15, -0.1) is 11.3 Å². The van der Waals surface area contributed by atoms with Crippen LogP contribution in [0.15, 0.2) is 4.47 Å². The highest BCUT2D eigenvalue weighted by atomic mass is 79.9. The quantitative estimate of drug-likeness (QED) is 0.200. The van der Waals surface area contributed by atoms with Crippen molar-refractivity contribution in [3.05, 3.63) is 43.7 Å². The number of hydrogen-bond acceptors (Lipinski definition) is 6. The largest absolute Gasteiger partial charge is 0.465 e. The molecule has 0 bridgehead atoms. The Kier molecular flexibility index (Phi) is 7.19. The van der Waals surface area contributed by atoms with Crippen LogP contribution in [0.25, 0.3) is 0 Å². The Balaban J connectivity index is 2.42. The average molecular weight is 515 g/mol. The molecule has 0 radical (unpaired) electrons. The second-order valence-electron chi connectivity index (χ2n) is 5.27. The third-order valence-corrected chi connectivity index (χ3v) is 5.67. The first kappa shape index (κ1) is 23.0. The first-order valence-electron chi connectivity index (χ1n) is 7.44. The van der Waals surface area contributed by atoms with Crippen molar-refractivity contribution in [3.8, 4) is 0 Å². The highest BCUT2D eigenvalue weighted by Crippen LogP contribution is 2.35. The van der Waals surface area contributed by atoms with E-state index in [4.69, 9.17) is 12.2 Å². The standard InChI is InChI=1S/C16H11BrF4N2O4S2/c1-4-5(14(24)26-2)13(29-12(4)15(25)27-3)23-16(28)22-11-9(20)7(18)6(17)8(19)10(11)21/h1-3H3,(H2,22,23,28). The fourth-order valence-electron chi connectivity index (χ4n) is 2.20. The third-order valence-electron chi connectivity index (χ3n) is 3.58. The molecule has 29 heavy (non-hydrogen) atoms. The lowest BCUT2D eigenvalue weighted by molar-refractivity contribution is 0.0601. The Bertz CT molecular complexity index is 1000. The number of rotatable bonds is 4. The fourth-order valence-corrected chi connectivity index (χ4v) is 3.93. The monoisotopic (exact) mass is 514 g/mol. The molecule has 0 amide bonds. The Morgan fingerprint density at radius 3 is 1.97 bits per heavy atom. The summed E-state index contributed by atoms with van der Waals surface area (Å²) in [6, 6.07) is 0. The molecular formula is C16H11BrF4N2O4S2. The summed E-state index contributed by atoms with van der Waals surface area (Å²) in [4.78, 5) is 24.0. The van der Waals surface area contributed by atoms with Gasteiger partial charge in [-0.05, 0) is 40.6 Å². The summed E-state index contributed by atoms with van der Waals surface area (Å²) in [5, 5.41) is 3.95. The van der Waals surface area contributed by atoms with Gasteiger partial charge in [0.2, 0.25) is 0 Å². The third kappa shape index (κ3) is 4.36. The second kappa shape index (κ2) is 9.05. The molecule has 0 aliphatic heterocycles. The molecule has 2 N–H and O–H groups in total. The highest BCUT2D eigenvalue weighted by molar-refractivity contribution is 9.10. The molecule has 1 aromatic heterocycles. The van der Waals surface area contributed by atoms with Gasteiger partial charge < -0.3 is 20.1 Å². The van der Waals surface area contributed by atoms with Crippen LogP contribution in [0.3, 0.4) is 0 Å². The number of thiophene rings is 1. The van der Waals surface area contributed by atoms with Crippen molar-refractivity contribution in [1.29, 1.82) is 0 Å². The summed E-state index contributed by atoms with van der Waals surface area (Å²) >= 11 is 8.07. The number of methoxy groups -OCH3 is 2. The van der Waals surface area contributed by atoms with Gasteiger partial charge in [-0.3, -0.25) is 0 Å². The van der Waals surface area contributed by atoms with Crippen molar-refractivity contribution in [1.82, 2.24) is 0 Å². The molecule has 2 aromatic rings. The summed E-state index contributed by atoms with van der Waals surface area (Å²) in [5.74, 6) is -8.32. The van der Waals surface area contributed by atoms with Gasteiger partial charge in [0.25, 0.3) is 0 Å². The molecule has 13 heteroatoms. The van der Waals surface area contributed by atoms with Crippen molar-refractivity contribution in [2.75, 3.05) is 24.9 Å². The zero-order chi connectivity index (χ0) is 22.0. The van der Waals surface area contributed by atoms with Gasteiger partial charge in [0, 0.05) is 0 Å². The van der Waals surface area contributed by atoms with E-state index in [9.17, 15) is 27.2 Å². The van der Waals surface area contributed by atoms with E-state index in [2.05, 4.69) is 30.7 Å². The number of benzene rings is 1. The molecule has 1 aromatic carbocycles. The number of nitrogens with one attached hydrogen (secondary N) is 2. The zero-order valence-corrected chi connectivity index (χ0v) is 18.1. The van der Waals surface area contributed by atoms with E-state index >= 15 is 0 Å². The lowest BCUT2D eigenvalue weighted by Crippen LogP contribution is -2.22. The van der Waals surface area contributed by atoms with Gasteiger partial charge in [0.1, 0.15) is 15.6 Å². The number of anilines is 2. The molecule has 6 nitrogen and oxygen atoms in total. The maximum Gasteiger partial charge on any atom is 0.348 e. The molecule has 1 heterocycles. The average Bonchev–Trinajstić information content (AvgIpc) is 3.02. The van der Waals surface area contributed by atoms with Crippen LogP contribution in [-0.4, -0.2) is 31.3 Å². The van der Waals surface area contributed by atoms with Gasteiger partial charge in [0.05, 0.1) is 24.3 Å². The van der Waals surface area contributed by atoms with Crippen molar-refractivity contribution in [2.45, 2.75) is 6.92 Å². The summed E-state index contributed by atoms with van der Waals surface area (Å²) in [6.45, 7) is 1.45. The first-order chi connectivity index (χ1) is 13.5. The number of ether oxygens (including phenoxy) is 2. The molecule has 2 rings (SSSR count). The number of carbonyl (C=O) groups is 2. The minimum absolute atomic E-state index is 0.00822. The zero-order valence-electron chi connectivity index (χ0n) is 14.8. The van der Waals surface area contributed by atoms with Crippen LogP contribution in [0.5, 0.6) is 0 Å². The van der Waals surface area contributed by atoms with E-state index in [0.29, 0.717) is 0 Å². The van der Waals surface area contributed by atoms with Crippen molar-refractivity contribution >= 4 is 67.2 Å². The van der Waals surface area contributed by atoms with Crippen LogP contribution >= 0.6 is 39.5 Å². The van der Waals surface area contributed by atoms with Gasteiger partial charge in [-0.1, -0.05) is 0 Å². The number of esters is 2. The van der Waals surface area contributed by atoms with Crippen LogP contribution in [0, 0.1) is 30.2 Å². The summed E-state index contributed by atoms with van der Waals surface area (Å²) < 4.78 is 63.6. The maximum absolute atomic E-state index is 14.0. The lowest BCUT2D eigenvalue weighted by atomic mass is 10.1. The van der Waals surface area contributed by atoms with Crippen LogP contribution in [0.4, 0.5) is 28.3 Å². The highest BCUT2D eigenvalue weighted by Gasteiger charge is 2.28. The number of carbonyl (C=O) groups excluding carboxylic acids is 2. The Morgan fingerprint density at radius 2 is 1.48 bits per heavy atom. The Labute approximate surface area is 179 Å². The summed E-state index contributed by atoms with van der Waals surface area (Å²) in [5.41, 5.74) is -1.03. The van der Waals surface area contributed by atoms with E-state index < -0.39 is 50.5 Å². The van der Waals surface area contributed by atoms with Crippen LogP contribution < -0.4 is 10.6 Å². The first-order valence-corrected chi connectivity index (χ1v) is 9.46. The van der Waals surface area contributed by atoms with Crippen molar-refractivity contribution < 1.29 is 36.6 Å².